The van der Waals surface area contributed by atoms with E-state index in [2.05, 4.69) is 20.9 Å². The first-order chi connectivity index (χ1) is 16.8. The van der Waals surface area contributed by atoms with Crippen LogP contribution in [0.15, 0.2) is 4.99 Å². The summed E-state index contributed by atoms with van der Waals surface area (Å²) in [7, 11) is 0. The number of hydrogen-bond donors (Lipinski definition) is 8. The molecule has 0 aliphatic heterocycles. The number of carbonyl (C=O) groups excluding carboxylic acids is 3. The van der Waals surface area contributed by atoms with Gasteiger partial charge in [-0.3, -0.25) is 24.2 Å². The third kappa shape index (κ3) is 13.7. The molecule has 0 aromatic carbocycles. The highest BCUT2D eigenvalue weighted by molar-refractivity contribution is 7.98. The Kier molecular flexibility index (Phi) is 15.9. The number of carboxylic acids is 2. The largest absolute Gasteiger partial charge is 0.481 e. The van der Waals surface area contributed by atoms with Gasteiger partial charge in [0.25, 0.3) is 0 Å². The van der Waals surface area contributed by atoms with Crippen LogP contribution in [0.25, 0.3) is 0 Å². The van der Waals surface area contributed by atoms with Crippen LogP contribution in [0.4, 0.5) is 0 Å². The quantitative estimate of drug-likeness (QED) is 0.0553. The van der Waals surface area contributed by atoms with E-state index in [9.17, 15) is 29.1 Å². The van der Waals surface area contributed by atoms with E-state index in [0.29, 0.717) is 12.2 Å². The third-order valence-corrected chi connectivity index (χ3v) is 5.70. The summed E-state index contributed by atoms with van der Waals surface area (Å²) in [5, 5.41) is 25.7. The molecule has 0 aromatic heterocycles. The van der Waals surface area contributed by atoms with Crippen LogP contribution >= 0.6 is 11.8 Å². The zero-order valence-electron chi connectivity index (χ0n) is 20.9. The second-order valence-electron chi connectivity index (χ2n) is 8.46. The Hall–Kier alpha value is -3.07. The van der Waals surface area contributed by atoms with Crippen LogP contribution < -0.4 is 33.2 Å². The van der Waals surface area contributed by atoms with Gasteiger partial charge in [0.15, 0.2) is 5.96 Å². The predicted molar refractivity (Wildman–Crippen MR) is 136 cm³/mol. The standard InChI is InChI=1S/C21H39N7O7S/c1-11(2)16(28-17(31)12(22)6-7-15(29)30)19(33)26-13(5-4-9-25-21(23)24)18(32)27-14(20(34)35)8-10-36-3/h11-14,16H,4-10,22H2,1-3H3,(H,26,33)(H,27,32)(H,28,31)(H,29,30)(H,34,35)(H4,23,24,25). The van der Waals surface area contributed by atoms with E-state index in [0.717, 1.165) is 0 Å². The maximum atomic E-state index is 13.0. The number of nitrogens with one attached hydrogen (secondary N) is 3. The van der Waals surface area contributed by atoms with Crippen molar-refractivity contribution >= 4 is 47.4 Å². The summed E-state index contributed by atoms with van der Waals surface area (Å²) in [5.41, 5.74) is 16.3. The minimum atomic E-state index is -1.20. The molecule has 4 unspecified atom stereocenters. The van der Waals surface area contributed by atoms with E-state index >= 15 is 0 Å². The van der Waals surface area contributed by atoms with Gasteiger partial charge in [-0.15, -0.1) is 0 Å². The van der Waals surface area contributed by atoms with E-state index < -0.39 is 59.7 Å². The molecule has 0 radical (unpaired) electrons. The number of guanidine groups is 1. The van der Waals surface area contributed by atoms with Gasteiger partial charge in [-0.1, -0.05) is 13.8 Å². The second-order valence-corrected chi connectivity index (χ2v) is 9.45. The van der Waals surface area contributed by atoms with Gasteiger partial charge in [0.1, 0.15) is 18.1 Å². The number of carbonyl (C=O) groups is 5. The second kappa shape index (κ2) is 17.4. The Morgan fingerprint density at radius 2 is 1.50 bits per heavy atom. The number of nitrogens with two attached hydrogens (primary N) is 3. The van der Waals surface area contributed by atoms with Gasteiger partial charge in [0.05, 0.1) is 6.04 Å². The van der Waals surface area contributed by atoms with Crippen LogP contribution in [0.2, 0.25) is 0 Å². The maximum absolute atomic E-state index is 13.0. The molecule has 0 saturated carbocycles. The van der Waals surface area contributed by atoms with Crippen molar-refractivity contribution in [1.29, 1.82) is 0 Å². The summed E-state index contributed by atoms with van der Waals surface area (Å²) in [6.07, 6.45) is 1.97. The average Bonchev–Trinajstić information content (AvgIpc) is 2.79. The summed E-state index contributed by atoms with van der Waals surface area (Å²) < 4.78 is 0. The van der Waals surface area contributed by atoms with Crippen molar-refractivity contribution in [3.05, 3.63) is 0 Å². The molecule has 36 heavy (non-hydrogen) atoms. The van der Waals surface area contributed by atoms with Gasteiger partial charge >= 0.3 is 11.9 Å². The molecule has 11 N–H and O–H groups in total. The van der Waals surface area contributed by atoms with E-state index in [4.69, 9.17) is 22.3 Å². The maximum Gasteiger partial charge on any atom is 0.326 e. The minimum Gasteiger partial charge on any atom is -0.481 e. The zero-order chi connectivity index (χ0) is 27.8. The number of rotatable bonds is 18. The summed E-state index contributed by atoms with van der Waals surface area (Å²) in [4.78, 5) is 64.4. The number of amides is 3. The fourth-order valence-corrected chi connectivity index (χ4v) is 3.48. The Balaban J connectivity index is 5.51. The van der Waals surface area contributed by atoms with Crippen LogP contribution in [0.1, 0.15) is 46.0 Å². The summed E-state index contributed by atoms with van der Waals surface area (Å²) in [5.74, 6) is -4.43. The lowest BCUT2D eigenvalue weighted by Gasteiger charge is -2.27. The van der Waals surface area contributed by atoms with Crippen LogP contribution in [-0.2, 0) is 24.0 Å². The SMILES string of the molecule is CSCCC(NC(=O)C(CCCN=C(N)N)NC(=O)C(NC(=O)C(N)CCC(=O)O)C(C)C)C(=O)O. The van der Waals surface area contributed by atoms with E-state index in [1.165, 1.54) is 11.8 Å². The van der Waals surface area contributed by atoms with Gasteiger partial charge in [-0.05, 0) is 43.6 Å². The molecule has 15 heteroatoms. The molecular formula is C21H39N7O7S. The van der Waals surface area contributed by atoms with E-state index in [1.54, 1.807) is 20.1 Å². The molecule has 0 aliphatic carbocycles. The van der Waals surface area contributed by atoms with Crippen molar-refractivity contribution in [3.8, 4) is 0 Å². The number of carboxylic acid groups (broad SMARTS) is 2. The average molecular weight is 534 g/mol. The van der Waals surface area contributed by atoms with Crippen LogP contribution in [0, 0.1) is 5.92 Å². The third-order valence-electron chi connectivity index (χ3n) is 5.06. The molecule has 0 bridgehead atoms. The molecule has 4 atom stereocenters. The van der Waals surface area contributed by atoms with Crippen LogP contribution in [0.3, 0.4) is 0 Å². The molecule has 0 spiro atoms. The molecule has 3 amide bonds. The van der Waals surface area contributed by atoms with Gasteiger partial charge in [-0.25, -0.2) is 4.79 Å². The van der Waals surface area contributed by atoms with Gasteiger partial charge in [0, 0.05) is 13.0 Å². The van der Waals surface area contributed by atoms with Crippen molar-refractivity contribution < 1.29 is 34.2 Å². The smallest absolute Gasteiger partial charge is 0.326 e. The molecule has 14 nitrogen and oxygen atoms in total. The Bertz CT molecular complexity index is 791. The highest BCUT2D eigenvalue weighted by Gasteiger charge is 2.31. The van der Waals surface area contributed by atoms with Gasteiger partial charge in [-0.2, -0.15) is 11.8 Å². The van der Waals surface area contributed by atoms with E-state index in [-0.39, 0.29) is 38.2 Å². The van der Waals surface area contributed by atoms with Crippen molar-refractivity contribution in [2.75, 3.05) is 18.6 Å². The lowest BCUT2D eigenvalue weighted by molar-refractivity contribution is -0.142. The Morgan fingerprint density at radius 3 is 2.00 bits per heavy atom. The normalized spacial score (nSPS) is 14.1. The molecule has 0 aliphatic rings. The van der Waals surface area contributed by atoms with Crippen LogP contribution in [-0.4, -0.2) is 88.6 Å². The van der Waals surface area contributed by atoms with Crippen LogP contribution in [0.5, 0.6) is 0 Å². The summed E-state index contributed by atoms with van der Waals surface area (Å²) >= 11 is 1.43. The van der Waals surface area contributed by atoms with Crippen molar-refractivity contribution in [1.82, 2.24) is 16.0 Å². The van der Waals surface area contributed by atoms with Gasteiger partial charge in [0.2, 0.25) is 17.7 Å². The molecule has 0 rings (SSSR count). The molecule has 0 heterocycles. The number of aliphatic imine (C=N–C) groups is 1. The van der Waals surface area contributed by atoms with E-state index in [1.807, 2.05) is 0 Å². The fourth-order valence-electron chi connectivity index (χ4n) is 3.00. The van der Waals surface area contributed by atoms with Crippen molar-refractivity contribution in [3.63, 3.8) is 0 Å². The number of hydrogen-bond acceptors (Lipinski definition) is 8. The monoisotopic (exact) mass is 533 g/mol. The summed E-state index contributed by atoms with van der Waals surface area (Å²) in [6.45, 7) is 3.52. The number of thioether (sulfide) groups is 1. The predicted octanol–water partition coefficient (Wildman–Crippen LogP) is -1.82. The fraction of sp³-hybridized carbons (Fsp3) is 0.714. The highest BCUT2D eigenvalue weighted by atomic mass is 32.2. The number of nitrogens with zero attached hydrogens (tertiary/aromatic N) is 1. The Morgan fingerprint density at radius 1 is 0.889 bits per heavy atom. The number of aliphatic carboxylic acids is 2. The van der Waals surface area contributed by atoms with Crippen molar-refractivity contribution in [2.24, 2.45) is 28.1 Å². The Labute approximate surface area is 214 Å². The molecular weight excluding hydrogens is 494 g/mol. The lowest BCUT2D eigenvalue weighted by Crippen LogP contribution is -2.58. The van der Waals surface area contributed by atoms with Crippen molar-refractivity contribution in [2.45, 2.75) is 70.1 Å². The first-order valence-corrected chi connectivity index (χ1v) is 12.8. The molecule has 0 fully saturated rings. The molecule has 206 valence electrons. The summed E-state index contributed by atoms with van der Waals surface area (Å²) in [6, 6.07) is -4.48. The molecule has 0 aromatic rings. The minimum absolute atomic E-state index is 0.0973. The molecule has 0 saturated heterocycles. The lowest BCUT2D eigenvalue weighted by atomic mass is 10.0. The topological polar surface area (TPSA) is 252 Å². The highest BCUT2D eigenvalue weighted by Crippen LogP contribution is 2.08. The first-order valence-electron chi connectivity index (χ1n) is 11.5. The van der Waals surface area contributed by atoms with Gasteiger partial charge < -0.3 is 43.4 Å². The first kappa shape index (κ1) is 32.9. The zero-order valence-corrected chi connectivity index (χ0v) is 21.7.